The molecule has 3 nitrogen and oxygen atoms in total. The molecule has 1 N–H and O–H groups in total. The summed E-state index contributed by atoms with van der Waals surface area (Å²) in [4.78, 5) is 0.519. The van der Waals surface area contributed by atoms with Gasteiger partial charge in [-0.25, -0.2) is 4.39 Å². The van der Waals surface area contributed by atoms with Crippen LogP contribution in [0.3, 0.4) is 0 Å². The van der Waals surface area contributed by atoms with Gasteiger partial charge in [0.25, 0.3) is 0 Å². The molecular weight excluding hydrogens is 219 g/mol. The van der Waals surface area contributed by atoms with Crippen molar-refractivity contribution in [1.82, 2.24) is 0 Å². The summed E-state index contributed by atoms with van der Waals surface area (Å²) in [5, 5.41) is 9.08. The van der Waals surface area contributed by atoms with Crippen LogP contribution in [0.25, 0.3) is 0 Å². The number of hydrogen-bond donors (Lipinski definition) is 1. The molecule has 2 rings (SSSR count). The monoisotopic (exact) mass is 230 g/mol. The molecule has 1 heterocycles. The van der Waals surface area contributed by atoms with Crippen molar-refractivity contribution in [3.8, 4) is 0 Å². The van der Waals surface area contributed by atoms with Crippen LogP contribution in [0, 0.1) is 5.82 Å². The van der Waals surface area contributed by atoms with Crippen LogP contribution >= 0.6 is 0 Å². The molecule has 1 fully saturated rings. The maximum Gasteiger partial charge on any atom is 0.123 e. The van der Waals surface area contributed by atoms with E-state index in [1.165, 1.54) is 24.3 Å². The highest BCUT2D eigenvalue weighted by Gasteiger charge is 2.32. The van der Waals surface area contributed by atoms with Crippen molar-refractivity contribution in [2.75, 3.05) is 13.2 Å². The fourth-order valence-corrected chi connectivity index (χ4v) is 2.81. The Balaban J connectivity index is 2.17. The molecule has 0 aromatic heterocycles. The Morgan fingerprint density at radius 2 is 2.00 bits per heavy atom. The second-order valence-electron chi connectivity index (χ2n) is 3.39. The number of rotatable bonds is 2. The van der Waals surface area contributed by atoms with Gasteiger partial charge in [-0.05, 0) is 24.3 Å². The number of halogens is 1. The van der Waals surface area contributed by atoms with Crippen molar-refractivity contribution in [1.29, 1.82) is 0 Å². The van der Waals surface area contributed by atoms with E-state index in [-0.39, 0.29) is 19.0 Å². The first-order chi connectivity index (χ1) is 7.18. The zero-order valence-corrected chi connectivity index (χ0v) is 8.74. The molecule has 0 radical (unpaired) electrons. The van der Waals surface area contributed by atoms with Crippen molar-refractivity contribution in [2.24, 2.45) is 0 Å². The van der Waals surface area contributed by atoms with E-state index in [2.05, 4.69) is 0 Å². The van der Waals surface area contributed by atoms with Crippen LogP contribution in [-0.4, -0.2) is 33.9 Å². The first-order valence-electron chi connectivity index (χ1n) is 4.60. The fraction of sp³-hybridized carbons (Fsp3) is 0.400. The van der Waals surface area contributed by atoms with E-state index in [1.54, 1.807) is 0 Å². The maximum absolute atomic E-state index is 12.6. The molecule has 1 aliphatic heterocycles. The molecule has 1 aliphatic rings. The summed E-state index contributed by atoms with van der Waals surface area (Å²) in [6.45, 7) is 0.503. The lowest BCUT2D eigenvalue weighted by Gasteiger charge is -2.11. The Hall–Kier alpha value is -0.780. The third-order valence-electron chi connectivity index (χ3n) is 2.32. The number of aliphatic hydroxyl groups excluding tert-OH is 1. The Morgan fingerprint density at radius 3 is 2.53 bits per heavy atom. The highest BCUT2D eigenvalue weighted by atomic mass is 32.2. The summed E-state index contributed by atoms with van der Waals surface area (Å²) >= 11 is 0. The summed E-state index contributed by atoms with van der Waals surface area (Å²) in [6, 6.07) is 5.46. The number of ether oxygens (including phenoxy) is 1. The second-order valence-corrected chi connectivity index (χ2v) is 5.07. The smallest absolute Gasteiger partial charge is 0.123 e. The predicted octanol–water partition coefficient (Wildman–Crippen LogP) is 0.693. The van der Waals surface area contributed by atoms with Gasteiger partial charge in [-0.15, -0.1) is 0 Å². The fourth-order valence-electron chi connectivity index (χ4n) is 1.47. The number of aliphatic hydroxyl groups is 1. The minimum absolute atomic E-state index is 0.220. The topological polar surface area (TPSA) is 46.5 Å². The van der Waals surface area contributed by atoms with Gasteiger partial charge in [0.05, 0.1) is 35.4 Å². The lowest BCUT2D eigenvalue weighted by molar-refractivity contribution is 0.127. The third-order valence-corrected chi connectivity index (χ3v) is 4.06. The molecule has 0 aliphatic carbocycles. The average molecular weight is 230 g/mol. The van der Waals surface area contributed by atoms with Crippen LogP contribution in [0.1, 0.15) is 0 Å². The van der Waals surface area contributed by atoms with Gasteiger partial charge in [0.1, 0.15) is 5.82 Å². The van der Waals surface area contributed by atoms with E-state index in [0.717, 1.165) is 0 Å². The number of benzene rings is 1. The second kappa shape index (κ2) is 4.38. The molecule has 3 atom stereocenters. The Labute approximate surface area is 89.3 Å². The van der Waals surface area contributed by atoms with Gasteiger partial charge >= 0.3 is 0 Å². The molecule has 3 unspecified atom stereocenters. The van der Waals surface area contributed by atoms with E-state index in [0.29, 0.717) is 4.90 Å². The molecule has 0 spiro atoms. The molecule has 82 valence electrons. The zero-order valence-electron chi connectivity index (χ0n) is 7.93. The average Bonchev–Trinajstić information content (AvgIpc) is 2.65. The van der Waals surface area contributed by atoms with Gasteiger partial charge in [-0.2, -0.15) is 0 Å². The third kappa shape index (κ3) is 2.25. The summed E-state index contributed by atoms with van der Waals surface area (Å²) in [6.07, 6.45) is -0.698. The van der Waals surface area contributed by atoms with Crippen LogP contribution in [0.2, 0.25) is 0 Å². The minimum atomic E-state index is -1.34. The van der Waals surface area contributed by atoms with E-state index in [4.69, 9.17) is 4.74 Å². The summed E-state index contributed by atoms with van der Waals surface area (Å²) in [7, 11) is -1.34. The number of hydrogen-bond acceptors (Lipinski definition) is 3. The zero-order chi connectivity index (χ0) is 10.8. The van der Waals surface area contributed by atoms with Crippen LogP contribution in [0.4, 0.5) is 4.39 Å². The van der Waals surface area contributed by atoms with Gasteiger partial charge in [0.15, 0.2) is 0 Å². The lowest BCUT2D eigenvalue weighted by Crippen LogP contribution is -2.28. The van der Waals surface area contributed by atoms with E-state index in [1.807, 2.05) is 0 Å². The Bertz CT molecular complexity index is 365. The maximum atomic E-state index is 12.6. The van der Waals surface area contributed by atoms with Crippen molar-refractivity contribution < 1.29 is 18.4 Å². The minimum Gasteiger partial charge on any atom is -0.389 e. The molecule has 15 heavy (non-hydrogen) atoms. The first-order valence-corrected chi connectivity index (χ1v) is 5.82. The molecule has 1 aromatic rings. The van der Waals surface area contributed by atoms with Gasteiger partial charge in [0, 0.05) is 4.90 Å². The van der Waals surface area contributed by atoms with Gasteiger partial charge < -0.3 is 9.84 Å². The highest BCUT2D eigenvalue weighted by Crippen LogP contribution is 2.19. The summed E-state index contributed by atoms with van der Waals surface area (Å²) in [5.41, 5.74) is 0. The molecule has 5 heteroatoms. The highest BCUT2D eigenvalue weighted by molar-refractivity contribution is 7.85. The SMILES string of the molecule is O=S(c1ccc(F)cc1)C1COCC1O. The van der Waals surface area contributed by atoms with Crippen molar-refractivity contribution >= 4 is 10.8 Å². The van der Waals surface area contributed by atoms with Gasteiger partial charge in [0.2, 0.25) is 0 Å². The lowest BCUT2D eigenvalue weighted by atomic mass is 10.3. The quantitative estimate of drug-likeness (QED) is 0.813. The molecule has 0 bridgehead atoms. The van der Waals surface area contributed by atoms with Crippen LogP contribution < -0.4 is 0 Å². The van der Waals surface area contributed by atoms with Crippen LogP contribution in [0.5, 0.6) is 0 Å². The molecule has 0 amide bonds. The largest absolute Gasteiger partial charge is 0.389 e. The predicted molar refractivity (Wildman–Crippen MR) is 53.4 cm³/mol. The van der Waals surface area contributed by atoms with Crippen molar-refractivity contribution in [2.45, 2.75) is 16.2 Å². The molecule has 1 saturated heterocycles. The Morgan fingerprint density at radius 1 is 1.33 bits per heavy atom. The Kier molecular flexibility index (Phi) is 3.14. The van der Waals surface area contributed by atoms with Crippen LogP contribution in [0.15, 0.2) is 29.2 Å². The van der Waals surface area contributed by atoms with Crippen LogP contribution in [-0.2, 0) is 15.5 Å². The summed E-state index contributed by atoms with van der Waals surface area (Å²) in [5.74, 6) is -0.362. The van der Waals surface area contributed by atoms with E-state index < -0.39 is 22.2 Å². The first kappa shape index (κ1) is 10.7. The van der Waals surface area contributed by atoms with Crippen molar-refractivity contribution in [3.63, 3.8) is 0 Å². The van der Waals surface area contributed by atoms with E-state index >= 15 is 0 Å². The molecule has 0 saturated carbocycles. The normalized spacial score (nSPS) is 27.9. The summed E-state index contributed by atoms with van der Waals surface area (Å²) < 4.78 is 29.6. The molecule has 1 aromatic carbocycles. The van der Waals surface area contributed by atoms with Crippen molar-refractivity contribution in [3.05, 3.63) is 30.1 Å². The van der Waals surface area contributed by atoms with Gasteiger partial charge in [-0.1, -0.05) is 0 Å². The standard InChI is InChI=1S/C10H11FO3S/c11-7-1-3-8(4-2-7)15(13)10-6-14-5-9(10)12/h1-4,9-10,12H,5-6H2. The molecular formula is C10H11FO3S. The van der Waals surface area contributed by atoms with Gasteiger partial charge in [-0.3, -0.25) is 4.21 Å². The van der Waals surface area contributed by atoms with E-state index in [9.17, 15) is 13.7 Å².